The zero-order valence-corrected chi connectivity index (χ0v) is 17.9. The van der Waals surface area contributed by atoms with E-state index in [9.17, 15) is 13.6 Å². The highest BCUT2D eigenvalue weighted by Crippen LogP contribution is 2.47. The normalized spacial score (nSPS) is 13.6. The van der Waals surface area contributed by atoms with Crippen molar-refractivity contribution in [3.8, 4) is 28.4 Å². The number of anilines is 1. The van der Waals surface area contributed by atoms with Gasteiger partial charge in [0.15, 0.2) is 0 Å². The van der Waals surface area contributed by atoms with Crippen molar-refractivity contribution in [1.82, 2.24) is 9.55 Å². The Morgan fingerprint density at radius 3 is 2.53 bits per heavy atom. The number of nitrogen functional groups attached to an aromatic ring is 1. The fourth-order valence-corrected chi connectivity index (χ4v) is 5.01. The molecule has 9 heteroatoms. The number of ether oxygens (including phenoxy) is 2. The van der Waals surface area contributed by atoms with Crippen molar-refractivity contribution in [1.29, 1.82) is 0 Å². The molecule has 1 saturated carbocycles. The summed E-state index contributed by atoms with van der Waals surface area (Å²) in [6, 6.07) is 11.4. The number of halogens is 2. The van der Waals surface area contributed by atoms with Gasteiger partial charge in [-0.25, -0.2) is 4.98 Å². The van der Waals surface area contributed by atoms with Gasteiger partial charge >= 0.3 is 6.61 Å². The zero-order valence-electron chi connectivity index (χ0n) is 17.0. The smallest absolute Gasteiger partial charge is 0.387 e. The van der Waals surface area contributed by atoms with Crippen LogP contribution in [0.15, 0.2) is 53.5 Å². The second kappa shape index (κ2) is 7.90. The summed E-state index contributed by atoms with van der Waals surface area (Å²) in [5, 5.41) is 0. The van der Waals surface area contributed by atoms with E-state index in [-0.39, 0.29) is 11.3 Å². The number of hydrogen-bond donors (Lipinski definition) is 1. The van der Waals surface area contributed by atoms with E-state index < -0.39 is 6.61 Å². The van der Waals surface area contributed by atoms with E-state index in [2.05, 4.69) is 9.72 Å². The molecule has 2 N–H and O–H groups in total. The Morgan fingerprint density at radius 1 is 1.19 bits per heavy atom. The summed E-state index contributed by atoms with van der Waals surface area (Å²) in [4.78, 5) is 19.1. The highest BCUT2D eigenvalue weighted by Gasteiger charge is 2.28. The maximum absolute atomic E-state index is 13.7. The van der Waals surface area contributed by atoms with Crippen LogP contribution in [0.2, 0.25) is 0 Å². The van der Waals surface area contributed by atoms with Crippen LogP contribution in [-0.2, 0) is 0 Å². The van der Waals surface area contributed by atoms with E-state index in [4.69, 9.17) is 10.5 Å². The molecule has 0 amide bonds. The quantitative estimate of drug-likeness (QED) is 0.433. The van der Waals surface area contributed by atoms with Gasteiger partial charge in [-0.3, -0.25) is 9.36 Å². The Balaban J connectivity index is 1.74. The van der Waals surface area contributed by atoms with E-state index in [1.165, 1.54) is 24.1 Å². The monoisotopic (exact) mass is 455 g/mol. The summed E-state index contributed by atoms with van der Waals surface area (Å²) in [7, 11) is 1.52. The summed E-state index contributed by atoms with van der Waals surface area (Å²) in [5.41, 5.74) is 8.75. The van der Waals surface area contributed by atoms with Crippen LogP contribution in [-0.4, -0.2) is 23.3 Å². The van der Waals surface area contributed by atoms with Gasteiger partial charge in [0, 0.05) is 28.4 Å². The van der Waals surface area contributed by atoms with Crippen LogP contribution < -0.4 is 20.8 Å². The fourth-order valence-electron chi connectivity index (χ4n) is 3.74. The molecule has 1 aliphatic rings. The number of pyridine rings is 2. The predicted octanol–water partition coefficient (Wildman–Crippen LogP) is 5.18. The van der Waals surface area contributed by atoms with Crippen LogP contribution in [0.25, 0.3) is 27.0 Å². The average molecular weight is 455 g/mol. The van der Waals surface area contributed by atoms with E-state index in [1.807, 2.05) is 6.07 Å². The summed E-state index contributed by atoms with van der Waals surface area (Å²) in [6.07, 6.45) is 3.79. The predicted molar refractivity (Wildman–Crippen MR) is 120 cm³/mol. The third kappa shape index (κ3) is 3.58. The number of nitrogens with zero attached hydrogens (tertiary/aromatic N) is 2. The number of hydrogen-bond acceptors (Lipinski definition) is 6. The van der Waals surface area contributed by atoms with Crippen LogP contribution >= 0.6 is 11.3 Å². The van der Waals surface area contributed by atoms with Crippen molar-refractivity contribution in [2.75, 3.05) is 12.8 Å². The average Bonchev–Trinajstić information content (AvgIpc) is 3.54. The number of methoxy groups -OCH3 is 1. The number of rotatable bonds is 6. The minimum Gasteiger partial charge on any atom is -0.481 e. The number of benzene rings is 1. The van der Waals surface area contributed by atoms with Gasteiger partial charge in [-0.2, -0.15) is 8.78 Å². The lowest BCUT2D eigenvalue weighted by Gasteiger charge is -2.14. The first-order chi connectivity index (χ1) is 15.5. The van der Waals surface area contributed by atoms with Gasteiger partial charge in [0.25, 0.3) is 5.56 Å². The summed E-state index contributed by atoms with van der Waals surface area (Å²) < 4.78 is 37.0. The highest BCUT2D eigenvalue weighted by molar-refractivity contribution is 7.19. The largest absolute Gasteiger partial charge is 0.481 e. The van der Waals surface area contributed by atoms with Crippen molar-refractivity contribution in [3.63, 3.8) is 0 Å². The molecule has 164 valence electrons. The number of thiophene rings is 1. The molecule has 1 fully saturated rings. The third-order valence-corrected chi connectivity index (χ3v) is 6.76. The molecule has 1 aliphatic carbocycles. The molecule has 3 aromatic heterocycles. The van der Waals surface area contributed by atoms with Gasteiger partial charge in [0.2, 0.25) is 5.88 Å². The minimum absolute atomic E-state index is 0.0204. The van der Waals surface area contributed by atoms with Crippen molar-refractivity contribution < 1.29 is 18.3 Å². The van der Waals surface area contributed by atoms with E-state index in [0.717, 1.165) is 17.5 Å². The van der Waals surface area contributed by atoms with Crippen molar-refractivity contribution >= 4 is 27.2 Å². The van der Waals surface area contributed by atoms with Crippen molar-refractivity contribution in [3.05, 3.63) is 63.9 Å². The van der Waals surface area contributed by atoms with E-state index in [1.54, 1.807) is 46.4 Å². The lowest BCUT2D eigenvalue weighted by Crippen LogP contribution is -2.22. The molecule has 4 aromatic rings. The first-order valence-corrected chi connectivity index (χ1v) is 10.8. The molecule has 0 aliphatic heterocycles. The topological polar surface area (TPSA) is 79.4 Å². The lowest BCUT2D eigenvalue weighted by molar-refractivity contribution is -0.0498. The van der Waals surface area contributed by atoms with Crippen LogP contribution in [0, 0.1) is 0 Å². The first-order valence-electron chi connectivity index (χ1n) is 10.00. The number of aromatic nitrogens is 2. The molecule has 1 aromatic carbocycles. The van der Waals surface area contributed by atoms with Gasteiger partial charge in [0.1, 0.15) is 5.75 Å². The highest BCUT2D eigenvalue weighted by atomic mass is 32.1. The molecule has 0 radical (unpaired) electrons. The Bertz CT molecular complexity index is 1340. The van der Waals surface area contributed by atoms with Gasteiger partial charge in [0.05, 0.1) is 28.6 Å². The number of fused-ring (bicyclic) bond motifs is 1. The summed E-state index contributed by atoms with van der Waals surface area (Å²) in [6.45, 7) is -2.92. The second-order valence-electron chi connectivity index (χ2n) is 7.53. The molecule has 5 rings (SSSR count). The summed E-state index contributed by atoms with van der Waals surface area (Å²) in [5.74, 6) is 0.936. The maximum atomic E-state index is 13.7. The van der Waals surface area contributed by atoms with Crippen molar-refractivity contribution in [2.45, 2.75) is 25.4 Å². The van der Waals surface area contributed by atoms with E-state index in [0.29, 0.717) is 39.8 Å². The second-order valence-corrected chi connectivity index (χ2v) is 8.61. The number of alkyl halides is 2. The molecular weight excluding hydrogens is 436 g/mol. The molecule has 0 spiro atoms. The Hall–Kier alpha value is -3.46. The maximum Gasteiger partial charge on any atom is 0.387 e. The molecular formula is C23H19F2N3O3S. The zero-order chi connectivity index (χ0) is 22.4. The fraction of sp³-hybridized carbons (Fsp3) is 0.217. The van der Waals surface area contributed by atoms with Crippen LogP contribution in [0.3, 0.4) is 0 Å². The number of nitrogens with two attached hydrogens (primary N) is 1. The Kier molecular flexibility index (Phi) is 5.05. The van der Waals surface area contributed by atoms with E-state index >= 15 is 0 Å². The Morgan fingerprint density at radius 2 is 1.94 bits per heavy atom. The van der Waals surface area contributed by atoms with Crippen LogP contribution in [0.1, 0.15) is 23.6 Å². The molecule has 0 bridgehead atoms. The third-order valence-electron chi connectivity index (χ3n) is 5.44. The van der Waals surface area contributed by atoms with Gasteiger partial charge < -0.3 is 15.2 Å². The molecule has 0 unspecified atom stereocenters. The molecule has 3 heterocycles. The van der Waals surface area contributed by atoms with Gasteiger partial charge in [-0.05, 0) is 55.2 Å². The SMILES string of the molecule is COc1ccc(-c2c(N)c3sc(C4CC4)cc3n(-c3ccc(OC(F)F)cc3)c2=O)cn1. The standard InChI is InChI=1S/C23H19F2N3O3S/c1-30-18-9-4-13(11-27-18)19-20(26)21-16(10-17(32-21)12-2-3-12)28(22(19)29)14-5-7-15(8-6-14)31-23(24)25/h4-12,23H,2-3,26H2,1H3. The van der Waals surface area contributed by atoms with Crippen LogP contribution in [0.5, 0.6) is 11.6 Å². The van der Waals surface area contributed by atoms with Gasteiger partial charge in [-0.15, -0.1) is 11.3 Å². The molecule has 0 saturated heterocycles. The summed E-state index contributed by atoms with van der Waals surface area (Å²) >= 11 is 1.59. The van der Waals surface area contributed by atoms with Crippen molar-refractivity contribution in [2.24, 2.45) is 0 Å². The Labute approximate surface area is 185 Å². The lowest BCUT2D eigenvalue weighted by atomic mass is 10.1. The first kappa shape index (κ1) is 20.4. The molecule has 6 nitrogen and oxygen atoms in total. The minimum atomic E-state index is -2.92. The molecule has 0 atom stereocenters. The molecule has 32 heavy (non-hydrogen) atoms. The van der Waals surface area contributed by atoms with Gasteiger partial charge in [-0.1, -0.05) is 0 Å². The van der Waals surface area contributed by atoms with Crippen LogP contribution in [0.4, 0.5) is 14.5 Å².